The monoisotopic (exact) mass is 297 g/mol. The third-order valence-electron chi connectivity index (χ3n) is 3.38. The summed E-state index contributed by atoms with van der Waals surface area (Å²) < 4.78 is 34.0. The van der Waals surface area contributed by atoms with Crippen LogP contribution in [0.3, 0.4) is 0 Å². The Morgan fingerprint density at radius 3 is 3.00 bits per heavy atom. The van der Waals surface area contributed by atoms with E-state index in [4.69, 9.17) is 0 Å². The van der Waals surface area contributed by atoms with Crippen molar-refractivity contribution in [2.75, 3.05) is 17.2 Å². The van der Waals surface area contributed by atoms with E-state index < -0.39 is 21.9 Å². The fourth-order valence-corrected chi connectivity index (χ4v) is 3.30. The highest BCUT2D eigenvalue weighted by atomic mass is 32.3. The molecule has 1 aromatic heterocycles. The second-order valence-electron chi connectivity index (χ2n) is 4.92. The number of H-pyrrole nitrogens is 1. The predicted molar refractivity (Wildman–Crippen MR) is 71.4 cm³/mol. The van der Waals surface area contributed by atoms with E-state index in [1.807, 2.05) is 6.07 Å². The number of benzene rings is 1. The molecule has 1 atom stereocenters. The zero-order valence-corrected chi connectivity index (χ0v) is 11.2. The van der Waals surface area contributed by atoms with Crippen LogP contribution in [0.1, 0.15) is 6.42 Å². The lowest BCUT2D eigenvalue weighted by Crippen LogP contribution is -2.25. The molecule has 1 fully saturated rings. The molecule has 20 heavy (non-hydrogen) atoms. The normalized spacial score (nSPS) is 19.9. The van der Waals surface area contributed by atoms with Crippen LogP contribution in [0, 0.1) is 5.92 Å². The average molecular weight is 297 g/mol. The number of rotatable bonds is 3. The minimum atomic E-state index is -4.56. The maximum atomic E-state index is 12.7. The number of carbonyl (C=O) groups excluding carboxylic acids is 1. The molecule has 1 N–H and O–H groups in total. The summed E-state index contributed by atoms with van der Waals surface area (Å²) in [6, 6.07) is 5.36. The number of aromatic nitrogens is 2. The molecule has 1 aliphatic rings. The zero-order valence-electron chi connectivity index (χ0n) is 10.4. The number of fused-ring (bicyclic) bond motifs is 1. The summed E-state index contributed by atoms with van der Waals surface area (Å²) in [6.45, 7) is 0.210. The van der Waals surface area contributed by atoms with Crippen molar-refractivity contribution >= 4 is 32.7 Å². The van der Waals surface area contributed by atoms with Crippen LogP contribution in [0.4, 0.5) is 9.57 Å². The molecule has 0 saturated carbocycles. The van der Waals surface area contributed by atoms with Crippen LogP contribution in [0.25, 0.3) is 10.9 Å². The lowest BCUT2D eigenvalue weighted by Gasteiger charge is -2.16. The van der Waals surface area contributed by atoms with Gasteiger partial charge < -0.3 is 4.90 Å². The molecule has 1 aromatic carbocycles. The first-order valence-corrected chi connectivity index (χ1v) is 7.63. The Labute approximate surface area is 114 Å². The average Bonchev–Trinajstić information content (AvgIpc) is 2.92. The van der Waals surface area contributed by atoms with E-state index in [0.29, 0.717) is 5.69 Å². The number of amides is 1. The quantitative estimate of drug-likeness (QED) is 0.863. The number of halogens is 1. The molecule has 6 nitrogen and oxygen atoms in total. The zero-order chi connectivity index (χ0) is 14.3. The van der Waals surface area contributed by atoms with Gasteiger partial charge in [0.2, 0.25) is 5.91 Å². The number of nitrogens with zero attached hydrogens (tertiary/aromatic N) is 2. The number of hydrogen-bond acceptors (Lipinski definition) is 4. The Balaban J connectivity index is 1.85. The number of nitrogens with one attached hydrogen (secondary N) is 1. The minimum absolute atomic E-state index is 0.0458. The van der Waals surface area contributed by atoms with Gasteiger partial charge in [-0.2, -0.15) is 13.5 Å². The van der Waals surface area contributed by atoms with Gasteiger partial charge in [0.15, 0.2) is 0 Å². The van der Waals surface area contributed by atoms with Crippen molar-refractivity contribution < 1.29 is 17.1 Å². The van der Waals surface area contributed by atoms with Crippen molar-refractivity contribution in [3.8, 4) is 0 Å². The lowest BCUT2D eigenvalue weighted by molar-refractivity contribution is -0.117. The summed E-state index contributed by atoms with van der Waals surface area (Å²) in [7, 11) is -4.56. The van der Waals surface area contributed by atoms with Crippen molar-refractivity contribution in [1.29, 1.82) is 0 Å². The highest BCUT2D eigenvalue weighted by Gasteiger charge is 2.33. The lowest BCUT2D eigenvalue weighted by atomic mass is 10.1. The first-order chi connectivity index (χ1) is 9.42. The van der Waals surface area contributed by atoms with E-state index in [9.17, 15) is 17.1 Å². The van der Waals surface area contributed by atoms with Crippen molar-refractivity contribution in [3.05, 3.63) is 24.4 Å². The van der Waals surface area contributed by atoms with E-state index in [1.54, 1.807) is 18.3 Å². The van der Waals surface area contributed by atoms with Gasteiger partial charge in [0.1, 0.15) is 0 Å². The predicted octanol–water partition coefficient (Wildman–Crippen LogP) is 1.22. The molecule has 2 aromatic rings. The second-order valence-corrected chi connectivity index (χ2v) is 6.33. The van der Waals surface area contributed by atoms with Crippen molar-refractivity contribution in [3.63, 3.8) is 0 Å². The first kappa shape index (κ1) is 13.0. The van der Waals surface area contributed by atoms with Gasteiger partial charge in [0.05, 0.1) is 17.5 Å². The van der Waals surface area contributed by atoms with Gasteiger partial charge in [0, 0.05) is 30.0 Å². The molecular weight excluding hydrogens is 285 g/mol. The van der Waals surface area contributed by atoms with Crippen LogP contribution < -0.4 is 4.90 Å². The Morgan fingerprint density at radius 2 is 2.25 bits per heavy atom. The summed E-state index contributed by atoms with van der Waals surface area (Å²) in [6.07, 6.45) is 1.72. The maximum absolute atomic E-state index is 12.7. The van der Waals surface area contributed by atoms with Crippen LogP contribution in [-0.4, -0.2) is 36.8 Å². The fraction of sp³-hybridized carbons (Fsp3) is 0.333. The van der Waals surface area contributed by atoms with Crippen molar-refractivity contribution in [1.82, 2.24) is 10.2 Å². The Morgan fingerprint density at radius 1 is 1.45 bits per heavy atom. The molecule has 1 amide bonds. The summed E-state index contributed by atoms with van der Waals surface area (Å²) in [4.78, 5) is 13.4. The molecule has 3 rings (SSSR count). The van der Waals surface area contributed by atoms with Gasteiger partial charge in [-0.25, -0.2) is 0 Å². The Kier molecular flexibility index (Phi) is 2.97. The number of hydrogen-bond donors (Lipinski definition) is 1. The highest BCUT2D eigenvalue weighted by Crippen LogP contribution is 2.28. The van der Waals surface area contributed by atoms with Crippen LogP contribution in [0.2, 0.25) is 0 Å². The molecule has 0 spiro atoms. The van der Waals surface area contributed by atoms with E-state index in [1.165, 1.54) is 4.90 Å². The van der Waals surface area contributed by atoms with E-state index in [2.05, 4.69) is 10.2 Å². The summed E-state index contributed by atoms with van der Waals surface area (Å²) in [5.74, 6) is -1.31. The van der Waals surface area contributed by atoms with Gasteiger partial charge in [-0.3, -0.25) is 9.89 Å². The molecule has 8 heteroatoms. The van der Waals surface area contributed by atoms with Crippen molar-refractivity contribution in [2.24, 2.45) is 5.92 Å². The van der Waals surface area contributed by atoms with Gasteiger partial charge in [-0.1, -0.05) is 0 Å². The fourth-order valence-electron chi connectivity index (χ4n) is 2.52. The molecule has 0 bridgehead atoms. The molecule has 2 heterocycles. The molecule has 1 aliphatic heterocycles. The minimum Gasteiger partial charge on any atom is -0.312 e. The van der Waals surface area contributed by atoms with Gasteiger partial charge in [0.25, 0.3) is 0 Å². The second kappa shape index (κ2) is 4.55. The summed E-state index contributed by atoms with van der Waals surface area (Å²) in [5.41, 5.74) is 1.45. The Hall–Kier alpha value is -1.96. The largest absolute Gasteiger partial charge is 0.312 e. The number of carbonyl (C=O) groups is 1. The van der Waals surface area contributed by atoms with Crippen LogP contribution >= 0.6 is 0 Å². The molecule has 106 valence electrons. The molecular formula is C12H12FN3O3S. The van der Waals surface area contributed by atoms with Crippen LogP contribution in [-0.2, 0) is 15.0 Å². The Bertz CT molecular complexity index is 771. The first-order valence-electron chi connectivity index (χ1n) is 6.08. The molecule has 0 aliphatic carbocycles. The maximum Gasteiger partial charge on any atom is 0.302 e. The van der Waals surface area contributed by atoms with Crippen molar-refractivity contribution in [2.45, 2.75) is 6.42 Å². The van der Waals surface area contributed by atoms with Crippen LogP contribution in [0.5, 0.6) is 0 Å². The molecule has 1 saturated heterocycles. The van der Waals surface area contributed by atoms with Crippen LogP contribution in [0.15, 0.2) is 24.4 Å². The van der Waals surface area contributed by atoms with Gasteiger partial charge in [-0.05, 0) is 18.2 Å². The highest BCUT2D eigenvalue weighted by molar-refractivity contribution is 7.86. The third kappa shape index (κ3) is 2.51. The number of anilines is 1. The number of aromatic amines is 1. The SMILES string of the molecule is O=C1CC(CS(=O)(=O)F)CN1c1ccc2cn[nH]c2c1. The topological polar surface area (TPSA) is 83.1 Å². The summed E-state index contributed by atoms with van der Waals surface area (Å²) >= 11 is 0. The standard InChI is InChI=1S/C12H12FN3O3S/c13-20(18,19)7-8-3-12(17)16(6-8)10-2-1-9-5-14-15-11(9)4-10/h1-2,4-5,8H,3,6-7H2,(H,14,15). The molecule has 1 unspecified atom stereocenters. The van der Waals surface area contributed by atoms with E-state index >= 15 is 0 Å². The van der Waals surface area contributed by atoms with Gasteiger partial charge in [-0.15, -0.1) is 3.89 Å². The van der Waals surface area contributed by atoms with Gasteiger partial charge >= 0.3 is 10.2 Å². The molecule has 0 radical (unpaired) electrons. The smallest absolute Gasteiger partial charge is 0.302 e. The third-order valence-corrected chi connectivity index (χ3v) is 4.25. The van der Waals surface area contributed by atoms with E-state index in [-0.39, 0.29) is 18.9 Å². The summed E-state index contributed by atoms with van der Waals surface area (Å²) in [5, 5.41) is 7.62. The van der Waals surface area contributed by atoms with E-state index in [0.717, 1.165) is 10.9 Å².